The number of carboxylic acid groups (broad SMARTS) is 1. The number of ether oxygens (including phenoxy) is 1. The number of carbonyl (C=O) groups is 1. The first kappa shape index (κ1) is 29.2. The third kappa shape index (κ3) is 5.38. The Morgan fingerprint density at radius 2 is 1.88 bits per heavy atom. The summed E-state index contributed by atoms with van der Waals surface area (Å²) in [5.74, 6) is -0.561. The van der Waals surface area contributed by atoms with Crippen LogP contribution in [0.15, 0.2) is 48.5 Å². The van der Waals surface area contributed by atoms with Crippen molar-refractivity contribution in [3.05, 3.63) is 82.0 Å². The van der Waals surface area contributed by atoms with E-state index in [9.17, 15) is 14.3 Å². The maximum Gasteiger partial charge on any atom is 0.352 e. The smallest absolute Gasteiger partial charge is 0.352 e. The number of aromatic nitrogens is 3. The molecule has 0 saturated heterocycles. The zero-order valence-corrected chi connectivity index (χ0v) is 25.5. The SMILES string of the molecule is CCc1c2c(nn1C)CCCN(C)CCn1c(C(=O)O)c(CCCOc3cccc4cc(F)ccc34)c3ccc(Cl)c-2c31. The van der Waals surface area contributed by atoms with Crippen LogP contribution in [-0.4, -0.2) is 57.1 Å². The second kappa shape index (κ2) is 12.0. The van der Waals surface area contributed by atoms with Crippen LogP contribution in [0.5, 0.6) is 5.75 Å². The van der Waals surface area contributed by atoms with Gasteiger partial charge in [0.25, 0.3) is 0 Å². The van der Waals surface area contributed by atoms with Gasteiger partial charge in [0.1, 0.15) is 17.3 Å². The molecule has 0 spiro atoms. The van der Waals surface area contributed by atoms with Crippen molar-refractivity contribution in [1.29, 1.82) is 0 Å². The van der Waals surface area contributed by atoms with Crippen LogP contribution in [0.3, 0.4) is 0 Å². The molecule has 3 heterocycles. The largest absolute Gasteiger partial charge is 0.493 e. The van der Waals surface area contributed by atoms with E-state index in [2.05, 4.69) is 18.9 Å². The van der Waals surface area contributed by atoms with Crippen LogP contribution in [0.4, 0.5) is 4.39 Å². The van der Waals surface area contributed by atoms with Crippen LogP contribution >= 0.6 is 11.6 Å². The average Bonchev–Trinajstić information content (AvgIpc) is 3.46. The van der Waals surface area contributed by atoms with Gasteiger partial charge in [-0.25, -0.2) is 9.18 Å². The predicted octanol–water partition coefficient (Wildman–Crippen LogP) is 7.14. The molecule has 6 rings (SSSR count). The van der Waals surface area contributed by atoms with E-state index in [0.29, 0.717) is 49.0 Å². The number of rotatable bonds is 7. The fourth-order valence-corrected chi connectivity index (χ4v) is 6.87. The Hall–Kier alpha value is -3.88. The molecule has 224 valence electrons. The van der Waals surface area contributed by atoms with E-state index in [0.717, 1.165) is 75.6 Å². The van der Waals surface area contributed by atoms with E-state index in [1.165, 1.54) is 12.1 Å². The molecule has 0 amide bonds. The lowest BCUT2D eigenvalue weighted by Gasteiger charge is -2.18. The van der Waals surface area contributed by atoms with Gasteiger partial charge in [0.15, 0.2) is 0 Å². The first-order chi connectivity index (χ1) is 20.8. The van der Waals surface area contributed by atoms with Crippen LogP contribution in [0.25, 0.3) is 32.8 Å². The maximum absolute atomic E-state index is 13.7. The molecule has 2 aromatic heterocycles. The van der Waals surface area contributed by atoms with E-state index in [-0.39, 0.29) is 5.82 Å². The van der Waals surface area contributed by atoms with Gasteiger partial charge in [0, 0.05) is 47.7 Å². The quantitative estimate of drug-likeness (QED) is 0.201. The summed E-state index contributed by atoms with van der Waals surface area (Å²) in [4.78, 5) is 15.2. The summed E-state index contributed by atoms with van der Waals surface area (Å²) in [6, 6.07) is 14.1. The lowest BCUT2D eigenvalue weighted by molar-refractivity contribution is 0.0683. The average molecular weight is 603 g/mol. The molecule has 0 radical (unpaired) electrons. The number of fused-ring (bicyclic) bond motifs is 3. The molecule has 0 bridgehead atoms. The van der Waals surface area contributed by atoms with Crippen LogP contribution < -0.4 is 4.74 Å². The van der Waals surface area contributed by atoms with Gasteiger partial charge in [0.2, 0.25) is 0 Å². The number of halogens is 2. The van der Waals surface area contributed by atoms with Gasteiger partial charge in [0.05, 0.1) is 22.8 Å². The Kier molecular flexibility index (Phi) is 8.16. The summed E-state index contributed by atoms with van der Waals surface area (Å²) in [6.45, 7) is 4.63. The van der Waals surface area contributed by atoms with Crippen LogP contribution in [0, 0.1) is 5.82 Å². The number of benzene rings is 3. The minimum absolute atomic E-state index is 0.289. The molecule has 7 nitrogen and oxygen atoms in total. The monoisotopic (exact) mass is 602 g/mol. The molecule has 3 aromatic carbocycles. The summed E-state index contributed by atoms with van der Waals surface area (Å²) < 4.78 is 23.8. The van der Waals surface area contributed by atoms with E-state index in [4.69, 9.17) is 21.4 Å². The highest BCUT2D eigenvalue weighted by molar-refractivity contribution is 6.35. The number of hydrogen-bond acceptors (Lipinski definition) is 4. The zero-order chi connectivity index (χ0) is 30.2. The van der Waals surface area contributed by atoms with Gasteiger partial charge in [-0.1, -0.05) is 36.7 Å². The Morgan fingerprint density at radius 3 is 2.67 bits per heavy atom. The normalized spacial score (nSPS) is 14.2. The van der Waals surface area contributed by atoms with Crippen molar-refractivity contribution in [2.24, 2.45) is 7.05 Å². The second-order valence-corrected chi connectivity index (χ2v) is 11.7. The number of aromatic carboxylic acids is 1. The number of aryl methyl sites for hydroxylation is 3. The molecule has 0 unspecified atom stereocenters. The van der Waals surface area contributed by atoms with Gasteiger partial charge >= 0.3 is 5.97 Å². The summed E-state index contributed by atoms with van der Waals surface area (Å²) in [6.07, 6.45) is 3.67. The second-order valence-electron chi connectivity index (χ2n) is 11.3. The van der Waals surface area contributed by atoms with Crippen molar-refractivity contribution in [1.82, 2.24) is 19.2 Å². The molecule has 1 aliphatic heterocycles. The van der Waals surface area contributed by atoms with Crippen molar-refractivity contribution in [3.8, 4) is 16.9 Å². The van der Waals surface area contributed by atoms with Crippen molar-refractivity contribution in [3.63, 3.8) is 0 Å². The van der Waals surface area contributed by atoms with E-state index in [1.807, 2.05) is 46.6 Å². The molecule has 0 saturated carbocycles. The molecule has 43 heavy (non-hydrogen) atoms. The van der Waals surface area contributed by atoms with Gasteiger partial charge in [-0.05, 0) is 87.0 Å². The third-order valence-electron chi connectivity index (χ3n) is 8.59. The molecule has 0 aliphatic carbocycles. The first-order valence-corrected chi connectivity index (χ1v) is 15.3. The Morgan fingerprint density at radius 1 is 1.07 bits per heavy atom. The highest BCUT2D eigenvalue weighted by Gasteiger charge is 2.29. The highest BCUT2D eigenvalue weighted by Crippen LogP contribution is 2.43. The number of hydrogen-bond donors (Lipinski definition) is 1. The van der Waals surface area contributed by atoms with Gasteiger partial charge in [-0.3, -0.25) is 4.68 Å². The lowest BCUT2D eigenvalue weighted by Crippen LogP contribution is -2.26. The van der Waals surface area contributed by atoms with E-state index in [1.54, 1.807) is 6.07 Å². The van der Waals surface area contributed by atoms with Crippen molar-refractivity contribution in [2.75, 3.05) is 26.7 Å². The standard InChI is InChI=1S/C34H36ClFN4O3/c1-4-28-31-27(37-39(28)3)10-6-16-38(2)17-18-40-32-25(14-15-26(35)30(31)32)24(33(40)34(41)42)9-7-19-43-29-11-5-8-21-20-22(36)12-13-23(21)29/h5,8,11-15,20H,4,6-7,9-10,16-19H2,1-3H3,(H,41,42). The van der Waals surface area contributed by atoms with Crippen molar-refractivity contribution < 1.29 is 19.0 Å². The number of nitrogens with zero attached hydrogens (tertiary/aromatic N) is 4. The van der Waals surface area contributed by atoms with E-state index < -0.39 is 5.97 Å². The molecule has 0 atom stereocenters. The summed E-state index contributed by atoms with van der Waals surface area (Å²) in [7, 11) is 4.05. The maximum atomic E-state index is 13.7. The summed E-state index contributed by atoms with van der Waals surface area (Å²) in [5, 5.41) is 18.6. The van der Waals surface area contributed by atoms with Crippen LogP contribution in [0.1, 0.15) is 47.2 Å². The minimum atomic E-state index is -0.954. The molecule has 5 aromatic rings. The fraction of sp³-hybridized carbons (Fsp3) is 0.353. The summed E-state index contributed by atoms with van der Waals surface area (Å²) in [5.41, 5.74) is 5.93. The number of likely N-dealkylation sites (N-methyl/N-ethyl adjacent to an activating group) is 1. The Labute approximate surface area is 255 Å². The van der Waals surface area contributed by atoms with Gasteiger partial charge < -0.3 is 19.3 Å². The van der Waals surface area contributed by atoms with Crippen LogP contribution in [0.2, 0.25) is 5.02 Å². The molecule has 1 aliphatic rings. The lowest BCUT2D eigenvalue weighted by atomic mass is 9.96. The number of carboxylic acids is 1. The van der Waals surface area contributed by atoms with E-state index >= 15 is 0 Å². The third-order valence-corrected chi connectivity index (χ3v) is 8.91. The molecule has 0 fully saturated rings. The first-order valence-electron chi connectivity index (χ1n) is 14.9. The van der Waals surface area contributed by atoms with Crippen molar-refractivity contribution in [2.45, 2.75) is 45.6 Å². The van der Waals surface area contributed by atoms with Gasteiger partial charge in [-0.15, -0.1) is 0 Å². The van der Waals surface area contributed by atoms with Crippen LogP contribution in [-0.2, 0) is 32.9 Å². The fourth-order valence-electron chi connectivity index (χ4n) is 6.62. The Balaban J connectivity index is 1.43. The van der Waals surface area contributed by atoms with Crippen molar-refractivity contribution >= 4 is 39.2 Å². The minimum Gasteiger partial charge on any atom is -0.493 e. The Bertz CT molecular complexity index is 1840. The topological polar surface area (TPSA) is 72.5 Å². The molecular formula is C34H36ClFN4O3. The summed E-state index contributed by atoms with van der Waals surface area (Å²) >= 11 is 7.01. The molecular weight excluding hydrogens is 567 g/mol. The predicted molar refractivity (Wildman–Crippen MR) is 169 cm³/mol. The van der Waals surface area contributed by atoms with Gasteiger partial charge in [-0.2, -0.15) is 5.10 Å². The molecule has 1 N–H and O–H groups in total. The zero-order valence-electron chi connectivity index (χ0n) is 24.8. The highest BCUT2D eigenvalue weighted by atomic mass is 35.5. The molecule has 9 heteroatoms.